The Balaban J connectivity index is 1.31. The molecule has 0 saturated heterocycles. The van der Waals surface area contributed by atoms with Gasteiger partial charge >= 0.3 is 0 Å². The van der Waals surface area contributed by atoms with E-state index in [9.17, 15) is 0 Å². The molecule has 0 amide bonds. The van der Waals surface area contributed by atoms with Gasteiger partial charge in [-0.3, -0.25) is 0 Å². The molecule has 0 fully saturated rings. The van der Waals surface area contributed by atoms with Crippen LogP contribution in [0.1, 0.15) is 26.3 Å². The van der Waals surface area contributed by atoms with Gasteiger partial charge in [0.05, 0.1) is 0 Å². The summed E-state index contributed by atoms with van der Waals surface area (Å²) in [4.78, 5) is 2.44. The van der Waals surface area contributed by atoms with Crippen molar-refractivity contribution >= 4 is 40.2 Å². The van der Waals surface area contributed by atoms with E-state index in [-0.39, 0.29) is 12.1 Å². The number of rotatable bonds is 4. The van der Waals surface area contributed by atoms with Crippen molar-refractivity contribution in [3.8, 4) is 44.9 Å². The summed E-state index contributed by atoms with van der Waals surface area (Å²) in [6, 6.07) is 59.4. The molecule has 0 spiro atoms. The van der Waals surface area contributed by atoms with Gasteiger partial charge in [-0.25, -0.2) is 0 Å². The lowest BCUT2D eigenvalue weighted by Gasteiger charge is -2.41. The highest BCUT2D eigenvalue weighted by atomic mass is 16.5. The predicted molar refractivity (Wildman–Crippen MR) is 207 cm³/mol. The Bertz CT molecular complexity index is 2330. The topological polar surface area (TPSA) is 12.5 Å². The van der Waals surface area contributed by atoms with Crippen LogP contribution in [0.4, 0.5) is 17.1 Å². The Kier molecular flexibility index (Phi) is 6.84. The van der Waals surface area contributed by atoms with E-state index >= 15 is 0 Å². The number of hydrogen-bond donors (Lipinski definition) is 0. The predicted octanol–water partition coefficient (Wildman–Crippen LogP) is 10.4. The van der Waals surface area contributed by atoms with Crippen LogP contribution in [-0.2, 0) is 5.41 Å². The number of ether oxygens (including phenoxy) is 1. The molecule has 3 heteroatoms. The number of anilines is 3. The summed E-state index contributed by atoms with van der Waals surface area (Å²) in [5.74, 6) is 1.86. The molecule has 7 aromatic rings. The molecule has 0 aliphatic carbocycles. The molecule has 49 heavy (non-hydrogen) atoms. The van der Waals surface area contributed by atoms with Crippen LogP contribution < -0.4 is 26.0 Å². The van der Waals surface area contributed by atoms with Gasteiger partial charge in [0.25, 0.3) is 6.71 Å². The van der Waals surface area contributed by atoms with Crippen LogP contribution in [0.25, 0.3) is 33.4 Å². The fourth-order valence-corrected chi connectivity index (χ4v) is 7.53. The van der Waals surface area contributed by atoms with Gasteiger partial charge in [-0.1, -0.05) is 148 Å². The highest BCUT2D eigenvalue weighted by molar-refractivity contribution is 6.99. The number of fused-ring (bicyclic) bond motifs is 4. The molecule has 2 heterocycles. The first-order chi connectivity index (χ1) is 23.9. The van der Waals surface area contributed by atoms with Crippen molar-refractivity contribution in [2.75, 3.05) is 4.90 Å². The minimum absolute atomic E-state index is 0.00335. The highest BCUT2D eigenvalue weighted by Gasteiger charge is 2.42. The van der Waals surface area contributed by atoms with Gasteiger partial charge in [0.1, 0.15) is 11.5 Å². The van der Waals surface area contributed by atoms with E-state index in [1.165, 1.54) is 55.5 Å². The molecule has 0 bridgehead atoms. The molecule has 0 saturated carbocycles. The maximum absolute atomic E-state index is 6.99. The monoisotopic (exact) mass is 629 g/mol. The summed E-state index contributed by atoms with van der Waals surface area (Å²) in [5.41, 5.74) is 15.6. The average Bonchev–Trinajstić information content (AvgIpc) is 3.15. The molecule has 0 N–H and O–H groups in total. The molecule has 2 aliphatic heterocycles. The smallest absolute Gasteiger partial charge is 0.256 e. The van der Waals surface area contributed by atoms with Crippen molar-refractivity contribution in [2.24, 2.45) is 0 Å². The van der Waals surface area contributed by atoms with Crippen LogP contribution >= 0.6 is 0 Å². The minimum Gasteiger partial charge on any atom is -0.458 e. The molecule has 2 nitrogen and oxygen atoms in total. The minimum atomic E-state index is 0.00335. The van der Waals surface area contributed by atoms with Crippen LogP contribution in [0.2, 0.25) is 0 Å². The summed E-state index contributed by atoms with van der Waals surface area (Å²) in [6.45, 7) is 6.81. The summed E-state index contributed by atoms with van der Waals surface area (Å²) in [7, 11) is 0. The molecular weight excluding hydrogens is 593 g/mol. The SMILES string of the molecule is CC(C)(C)c1ccc2c(c1)Oc1cc(-c3ccccc3)cc3c1B2c1cc(-c2ccccc2)ccc1N3c1ccc(-c2ccccc2)cc1. The maximum atomic E-state index is 6.99. The molecule has 0 atom stereocenters. The molecule has 7 aromatic carbocycles. The maximum Gasteiger partial charge on any atom is 0.256 e. The van der Waals surface area contributed by atoms with Crippen LogP contribution in [0.15, 0.2) is 164 Å². The largest absolute Gasteiger partial charge is 0.458 e. The van der Waals surface area contributed by atoms with E-state index in [0.29, 0.717) is 0 Å². The summed E-state index contributed by atoms with van der Waals surface area (Å²) < 4.78 is 6.99. The number of benzene rings is 7. The fourth-order valence-electron chi connectivity index (χ4n) is 7.53. The van der Waals surface area contributed by atoms with E-state index in [1.807, 2.05) is 0 Å². The van der Waals surface area contributed by atoms with Crippen molar-refractivity contribution in [3.63, 3.8) is 0 Å². The van der Waals surface area contributed by atoms with Gasteiger partial charge in [0.15, 0.2) is 0 Å². The van der Waals surface area contributed by atoms with Crippen molar-refractivity contribution in [3.05, 3.63) is 169 Å². The standard InChI is InChI=1S/C46H36BNO/c1-46(2,3)37-22-25-39-43(30-37)49-44-29-36(33-17-11-6-12-18-33)28-42-45(44)47(39)40-27-35(32-15-9-5-10-16-32)21-26-41(40)48(42)38-23-19-34(20-24-38)31-13-7-4-8-14-31/h4-30H,1-3H3. The first-order valence-electron chi connectivity index (χ1n) is 17.1. The first kappa shape index (κ1) is 29.4. The molecule has 0 radical (unpaired) electrons. The molecule has 2 aliphatic rings. The highest BCUT2D eigenvalue weighted by Crippen LogP contribution is 2.44. The van der Waals surface area contributed by atoms with Gasteiger partial charge in [0, 0.05) is 17.1 Å². The third-order valence-corrected chi connectivity index (χ3v) is 10.1. The Morgan fingerprint density at radius 3 is 1.65 bits per heavy atom. The van der Waals surface area contributed by atoms with Crippen molar-refractivity contribution in [2.45, 2.75) is 26.2 Å². The molecular formula is C46H36BNO. The second-order valence-electron chi connectivity index (χ2n) is 14.2. The lowest BCUT2D eigenvalue weighted by molar-refractivity contribution is 0.483. The summed E-state index contributed by atoms with van der Waals surface area (Å²) in [6.07, 6.45) is 0. The van der Waals surface area contributed by atoms with E-state index in [4.69, 9.17) is 4.74 Å². The second-order valence-corrected chi connectivity index (χ2v) is 14.2. The third-order valence-electron chi connectivity index (χ3n) is 10.1. The van der Waals surface area contributed by atoms with Gasteiger partial charge in [0.2, 0.25) is 0 Å². The van der Waals surface area contributed by atoms with Gasteiger partial charge in [-0.15, -0.1) is 0 Å². The zero-order valence-corrected chi connectivity index (χ0v) is 28.0. The zero-order valence-electron chi connectivity index (χ0n) is 28.0. The molecule has 0 aromatic heterocycles. The Morgan fingerprint density at radius 1 is 0.449 bits per heavy atom. The Hall–Kier alpha value is -5.80. The van der Waals surface area contributed by atoms with Crippen molar-refractivity contribution in [1.29, 1.82) is 0 Å². The first-order valence-corrected chi connectivity index (χ1v) is 17.1. The van der Waals surface area contributed by atoms with Crippen LogP contribution in [0.5, 0.6) is 11.5 Å². The third kappa shape index (κ3) is 5.05. The van der Waals surface area contributed by atoms with E-state index in [2.05, 4.69) is 189 Å². The zero-order chi connectivity index (χ0) is 33.1. The molecule has 0 unspecified atom stereocenters. The summed E-state index contributed by atoms with van der Waals surface area (Å²) >= 11 is 0. The Morgan fingerprint density at radius 2 is 1.02 bits per heavy atom. The second kappa shape index (κ2) is 11.4. The van der Waals surface area contributed by atoms with E-state index in [0.717, 1.165) is 28.4 Å². The van der Waals surface area contributed by atoms with Crippen LogP contribution in [-0.4, -0.2) is 6.71 Å². The average molecular weight is 630 g/mol. The van der Waals surface area contributed by atoms with E-state index in [1.54, 1.807) is 0 Å². The normalized spacial score (nSPS) is 12.9. The van der Waals surface area contributed by atoms with Gasteiger partial charge < -0.3 is 9.64 Å². The lowest BCUT2D eigenvalue weighted by atomic mass is 9.34. The number of hydrogen-bond acceptors (Lipinski definition) is 2. The van der Waals surface area contributed by atoms with Crippen molar-refractivity contribution in [1.82, 2.24) is 0 Å². The molecule has 9 rings (SSSR count). The quantitative estimate of drug-likeness (QED) is 0.180. The molecule has 234 valence electrons. The Labute approximate surface area is 289 Å². The van der Waals surface area contributed by atoms with Gasteiger partial charge in [-0.2, -0.15) is 0 Å². The van der Waals surface area contributed by atoms with Crippen LogP contribution in [0.3, 0.4) is 0 Å². The van der Waals surface area contributed by atoms with Crippen molar-refractivity contribution < 1.29 is 4.74 Å². The summed E-state index contributed by atoms with van der Waals surface area (Å²) in [5, 5.41) is 0. The van der Waals surface area contributed by atoms with E-state index < -0.39 is 0 Å². The fraction of sp³-hybridized carbons (Fsp3) is 0.0870. The van der Waals surface area contributed by atoms with Crippen LogP contribution in [0, 0.1) is 0 Å². The number of nitrogens with zero attached hydrogens (tertiary/aromatic N) is 1. The van der Waals surface area contributed by atoms with Gasteiger partial charge in [-0.05, 0) is 97.1 Å². The lowest BCUT2D eigenvalue weighted by Crippen LogP contribution is -2.59.